The Hall–Kier alpha value is -1.39. The van der Waals surface area contributed by atoms with Gasteiger partial charge in [-0.2, -0.15) is 0 Å². The number of carboxylic acid groups (broad SMARTS) is 1. The van der Waals surface area contributed by atoms with Crippen molar-refractivity contribution in [3.05, 3.63) is 35.9 Å². The number of carbonyl (C=O) groups is 1. The first kappa shape index (κ1) is 11.7. The SMILES string of the molecule is N[C@H](CCc1ccccc1)C(O)C(=O)O. The fourth-order valence-electron chi connectivity index (χ4n) is 1.32. The van der Waals surface area contributed by atoms with Crippen LogP contribution in [0.2, 0.25) is 0 Å². The van der Waals surface area contributed by atoms with E-state index in [-0.39, 0.29) is 0 Å². The Labute approximate surface area is 88.3 Å². The Balaban J connectivity index is 2.41. The molecule has 4 heteroatoms. The Bertz CT molecular complexity index is 313. The van der Waals surface area contributed by atoms with E-state index >= 15 is 0 Å². The molecular weight excluding hydrogens is 194 g/mol. The molecule has 1 rings (SSSR count). The van der Waals surface area contributed by atoms with Crippen molar-refractivity contribution in [2.75, 3.05) is 0 Å². The summed E-state index contributed by atoms with van der Waals surface area (Å²) in [5.41, 5.74) is 6.62. The minimum atomic E-state index is -1.48. The molecule has 0 bridgehead atoms. The van der Waals surface area contributed by atoms with Crippen LogP contribution in [-0.4, -0.2) is 28.3 Å². The topological polar surface area (TPSA) is 83.5 Å². The van der Waals surface area contributed by atoms with Gasteiger partial charge in [0.2, 0.25) is 0 Å². The minimum Gasteiger partial charge on any atom is -0.479 e. The summed E-state index contributed by atoms with van der Waals surface area (Å²) in [6.07, 6.45) is -0.349. The highest BCUT2D eigenvalue weighted by molar-refractivity contribution is 5.72. The van der Waals surface area contributed by atoms with Gasteiger partial charge in [-0.25, -0.2) is 4.79 Å². The monoisotopic (exact) mass is 209 g/mol. The second kappa shape index (κ2) is 5.48. The Morgan fingerprint density at radius 2 is 1.93 bits per heavy atom. The highest BCUT2D eigenvalue weighted by Gasteiger charge is 2.21. The molecule has 15 heavy (non-hydrogen) atoms. The molecule has 0 aliphatic carbocycles. The molecule has 0 saturated carbocycles. The number of rotatable bonds is 5. The van der Waals surface area contributed by atoms with Crippen LogP contribution in [0, 0.1) is 0 Å². The second-order valence-corrected chi connectivity index (χ2v) is 3.47. The van der Waals surface area contributed by atoms with E-state index in [2.05, 4.69) is 0 Å². The van der Waals surface area contributed by atoms with Crippen molar-refractivity contribution in [3.8, 4) is 0 Å². The molecule has 0 radical (unpaired) electrons. The summed E-state index contributed by atoms with van der Waals surface area (Å²) in [6, 6.07) is 8.90. The Kier molecular flexibility index (Phi) is 4.27. The number of aliphatic carboxylic acids is 1. The maximum Gasteiger partial charge on any atom is 0.334 e. The molecule has 1 aromatic carbocycles. The van der Waals surface area contributed by atoms with Gasteiger partial charge in [0.25, 0.3) is 0 Å². The number of nitrogens with two attached hydrogens (primary N) is 1. The molecule has 0 fully saturated rings. The first-order valence-corrected chi connectivity index (χ1v) is 4.81. The molecule has 0 aromatic heterocycles. The van der Waals surface area contributed by atoms with E-state index in [1.165, 1.54) is 0 Å². The normalized spacial score (nSPS) is 14.5. The summed E-state index contributed by atoms with van der Waals surface area (Å²) in [7, 11) is 0. The fraction of sp³-hybridized carbons (Fsp3) is 0.364. The molecule has 0 aliphatic rings. The molecule has 4 nitrogen and oxygen atoms in total. The molecule has 0 heterocycles. The number of carboxylic acids is 1. The fourth-order valence-corrected chi connectivity index (χ4v) is 1.32. The van der Waals surface area contributed by atoms with Crippen molar-refractivity contribution in [3.63, 3.8) is 0 Å². The molecular formula is C11H15NO3. The van der Waals surface area contributed by atoms with Crippen LogP contribution in [0.15, 0.2) is 30.3 Å². The quantitative estimate of drug-likeness (QED) is 0.655. The average Bonchev–Trinajstić information content (AvgIpc) is 2.26. The minimum absolute atomic E-state index is 0.456. The first-order chi connectivity index (χ1) is 7.11. The van der Waals surface area contributed by atoms with Crippen LogP contribution in [0.25, 0.3) is 0 Å². The van der Waals surface area contributed by atoms with Crippen molar-refractivity contribution in [1.82, 2.24) is 0 Å². The maximum absolute atomic E-state index is 10.4. The van der Waals surface area contributed by atoms with Crippen LogP contribution in [0.3, 0.4) is 0 Å². The van der Waals surface area contributed by atoms with E-state index in [1.54, 1.807) is 0 Å². The predicted octanol–water partition coefficient (Wildman–Crippen LogP) is 0.392. The molecule has 1 unspecified atom stereocenters. The number of benzene rings is 1. The van der Waals surface area contributed by atoms with Gasteiger partial charge < -0.3 is 15.9 Å². The van der Waals surface area contributed by atoms with Gasteiger partial charge in [0, 0.05) is 6.04 Å². The van der Waals surface area contributed by atoms with E-state index in [1.807, 2.05) is 30.3 Å². The number of aryl methyl sites for hydroxylation is 1. The molecule has 0 saturated heterocycles. The molecule has 0 spiro atoms. The van der Waals surface area contributed by atoms with Gasteiger partial charge in [0.1, 0.15) is 0 Å². The lowest BCUT2D eigenvalue weighted by atomic mass is 10.0. The van der Waals surface area contributed by atoms with Crippen LogP contribution in [0.5, 0.6) is 0 Å². The molecule has 2 atom stereocenters. The number of aliphatic hydroxyl groups excluding tert-OH is 1. The predicted molar refractivity (Wildman–Crippen MR) is 56.4 cm³/mol. The van der Waals surface area contributed by atoms with Crippen LogP contribution >= 0.6 is 0 Å². The van der Waals surface area contributed by atoms with Gasteiger partial charge in [0.15, 0.2) is 6.10 Å². The van der Waals surface area contributed by atoms with E-state index in [0.717, 1.165) is 5.56 Å². The second-order valence-electron chi connectivity index (χ2n) is 3.47. The van der Waals surface area contributed by atoms with Crippen molar-refractivity contribution in [1.29, 1.82) is 0 Å². The van der Waals surface area contributed by atoms with Gasteiger partial charge in [-0.05, 0) is 18.4 Å². The Morgan fingerprint density at radius 3 is 2.47 bits per heavy atom. The van der Waals surface area contributed by atoms with E-state index in [9.17, 15) is 4.79 Å². The summed E-state index contributed by atoms with van der Waals surface area (Å²) in [5.74, 6) is -1.27. The maximum atomic E-state index is 10.4. The third-order valence-corrected chi connectivity index (χ3v) is 2.27. The summed E-state index contributed by atoms with van der Waals surface area (Å²) in [5, 5.41) is 17.7. The van der Waals surface area contributed by atoms with E-state index < -0.39 is 18.1 Å². The van der Waals surface area contributed by atoms with Crippen LogP contribution in [0.1, 0.15) is 12.0 Å². The zero-order chi connectivity index (χ0) is 11.3. The first-order valence-electron chi connectivity index (χ1n) is 4.81. The zero-order valence-corrected chi connectivity index (χ0v) is 8.34. The van der Waals surface area contributed by atoms with Crippen molar-refractivity contribution >= 4 is 5.97 Å². The third kappa shape index (κ3) is 3.69. The number of hydrogen-bond acceptors (Lipinski definition) is 3. The Morgan fingerprint density at radius 1 is 1.33 bits per heavy atom. The zero-order valence-electron chi connectivity index (χ0n) is 8.34. The largest absolute Gasteiger partial charge is 0.479 e. The molecule has 0 aliphatic heterocycles. The van der Waals surface area contributed by atoms with Gasteiger partial charge >= 0.3 is 5.97 Å². The van der Waals surface area contributed by atoms with Gasteiger partial charge in [-0.15, -0.1) is 0 Å². The van der Waals surface area contributed by atoms with Crippen molar-refractivity contribution < 1.29 is 15.0 Å². The summed E-state index contributed by atoms with van der Waals surface area (Å²) < 4.78 is 0. The van der Waals surface area contributed by atoms with Gasteiger partial charge in [-0.3, -0.25) is 0 Å². The molecule has 0 amide bonds. The lowest BCUT2D eigenvalue weighted by Gasteiger charge is -2.14. The van der Waals surface area contributed by atoms with Crippen molar-refractivity contribution in [2.24, 2.45) is 5.73 Å². The molecule has 4 N–H and O–H groups in total. The van der Waals surface area contributed by atoms with E-state index in [0.29, 0.717) is 12.8 Å². The highest BCUT2D eigenvalue weighted by Crippen LogP contribution is 2.06. The van der Waals surface area contributed by atoms with Crippen molar-refractivity contribution in [2.45, 2.75) is 25.0 Å². The number of aliphatic hydroxyl groups is 1. The highest BCUT2D eigenvalue weighted by atomic mass is 16.4. The summed E-state index contributed by atoms with van der Waals surface area (Å²) >= 11 is 0. The average molecular weight is 209 g/mol. The van der Waals surface area contributed by atoms with Crippen LogP contribution < -0.4 is 5.73 Å². The summed E-state index contributed by atoms with van der Waals surface area (Å²) in [4.78, 5) is 10.4. The standard InChI is InChI=1S/C11H15NO3/c12-9(10(13)11(14)15)7-6-8-4-2-1-3-5-8/h1-5,9-10,13H,6-7,12H2,(H,14,15)/t9-,10?/m1/s1. The number of hydrogen-bond donors (Lipinski definition) is 3. The molecule has 1 aromatic rings. The van der Waals surface area contributed by atoms with E-state index in [4.69, 9.17) is 15.9 Å². The lowest BCUT2D eigenvalue weighted by molar-refractivity contribution is -0.147. The van der Waals surface area contributed by atoms with Gasteiger partial charge in [0.05, 0.1) is 0 Å². The summed E-state index contributed by atoms with van der Waals surface area (Å²) in [6.45, 7) is 0. The van der Waals surface area contributed by atoms with Crippen LogP contribution in [0.4, 0.5) is 0 Å². The third-order valence-electron chi connectivity index (χ3n) is 2.27. The van der Waals surface area contributed by atoms with Gasteiger partial charge in [-0.1, -0.05) is 30.3 Å². The smallest absolute Gasteiger partial charge is 0.334 e. The molecule has 82 valence electrons. The van der Waals surface area contributed by atoms with Crippen LogP contribution in [-0.2, 0) is 11.2 Å². The lowest BCUT2D eigenvalue weighted by Crippen LogP contribution is -2.40.